The Labute approximate surface area is 94.0 Å². The summed E-state index contributed by atoms with van der Waals surface area (Å²) >= 11 is 0. The van der Waals surface area contributed by atoms with E-state index in [1.807, 2.05) is 0 Å². The Kier molecular flexibility index (Phi) is 5.27. The quantitative estimate of drug-likeness (QED) is 0.662. The molecule has 1 unspecified atom stereocenters. The number of nitrogens with one attached hydrogen (secondary N) is 1. The number of hydrogen-bond donors (Lipinski definition) is 2. The van der Waals surface area contributed by atoms with Gasteiger partial charge in [-0.3, -0.25) is 4.79 Å². The molecule has 0 fully saturated rings. The third-order valence-electron chi connectivity index (χ3n) is 2.15. The zero-order chi connectivity index (χ0) is 12.9. The van der Waals surface area contributed by atoms with Crippen LogP contribution in [0.2, 0.25) is 0 Å². The van der Waals surface area contributed by atoms with Gasteiger partial charge in [0.25, 0.3) is 0 Å². The lowest BCUT2D eigenvalue weighted by Gasteiger charge is -2.22. The molecular weight excluding hydrogens is 214 g/mol. The maximum atomic E-state index is 11.4. The van der Waals surface area contributed by atoms with E-state index >= 15 is 0 Å². The van der Waals surface area contributed by atoms with E-state index in [0.717, 1.165) is 4.90 Å². The summed E-state index contributed by atoms with van der Waals surface area (Å²) in [6.45, 7) is 1.23. The molecule has 0 rings (SSSR count). The molecule has 0 aromatic heterocycles. The Morgan fingerprint density at radius 3 is 2.12 bits per heavy atom. The molecular formula is C9H17N3O4. The van der Waals surface area contributed by atoms with Crippen LogP contribution < -0.4 is 5.32 Å². The largest absolute Gasteiger partial charge is 0.480 e. The first-order valence-corrected chi connectivity index (χ1v) is 4.71. The average molecular weight is 231 g/mol. The predicted octanol–water partition coefficient (Wildman–Crippen LogP) is -0.811. The van der Waals surface area contributed by atoms with Crippen molar-refractivity contribution >= 4 is 17.9 Å². The highest BCUT2D eigenvalue weighted by Crippen LogP contribution is 1.95. The summed E-state index contributed by atoms with van der Waals surface area (Å²) in [5, 5.41) is 11.0. The van der Waals surface area contributed by atoms with Gasteiger partial charge < -0.3 is 20.2 Å². The fraction of sp³-hybridized carbons (Fsp3) is 0.667. The number of hydrogen-bond acceptors (Lipinski definition) is 3. The van der Waals surface area contributed by atoms with E-state index in [1.165, 1.54) is 18.9 Å². The minimum Gasteiger partial charge on any atom is -0.480 e. The zero-order valence-corrected chi connectivity index (χ0v) is 9.85. The highest BCUT2D eigenvalue weighted by molar-refractivity contribution is 5.86. The molecule has 0 bridgehead atoms. The molecule has 92 valence electrons. The van der Waals surface area contributed by atoms with Crippen molar-refractivity contribution < 1.29 is 19.5 Å². The van der Waals surface area contributed by atoms with Gasteiger partial charge in [0.2, 0.25) is 5.91 Å². The number of carboxylic acids is 1. The maximum absolute atomic E-state index is 11.4. The molecule has 0 aliphatic heterocycles. The van der Waals surface area contributed by atoms with E-state index < -0.39 is 18.0 Å². The first-order valence-electron chi connectivity index (χ1n) is 4.71. The van der Waals surface area contributed by atoms with Gasteiger partial charge in [-0.2, -0.15) is 0 Å². The Hall–Kier alpha value is -1.79. The summed E-state index contributed by atoms with van der Waals surface area (Å²) in [4.78, 5) is 35.5. The van der Waals surface area contributed by atoms with Crippen molar-refractivity contribution in [3.8, 4) is 0 Å². The molecule has 2 N–H and O–H groups in total. The van der Waals surface area contributed by atoms with E-state index in [2.05, 4.69) is 5.32 Å². The van der Waals surface area contributed by atoms with E-state index in [0.29, 0.717) is 0 Å². The van der Waals surface area contributed by atoms with Crippen LogP contribution in [0.3, 0.4) is 0 Å². The molecule has 7 heteroatoms. The number of carboxylic acid groups (broad SMARTS) is 1. The van der Waals surface area contributed by atoms with Crippen LogP contribution >= 0.6 is 0 Å². The van der Waals surface area contributed by atoms with Crippen LogP contribution in [0, 0.1) is 0 Å². The van der Waals surface area contributed by atoms with E-state index in [-0.39, 0.29) is 12.5 Å². The molecule has 7 nitrogen and oxygen atoms in total. The van der Waals surface area contributed by atoms with Crippen LogP contribution in [-0.2, 0) is 9.59 Å². The van der Waals surface area contributed by atoms with Crippen molar-refractivity contribution in [2.24, 2.45) is 0 Å². The maximum Gasteiger partial charge on any atom is 0.326 e. The van der Waals surface area contributed by atoms with Crippen LogP contribution in [0.5, 0.6) is 0 Å². The van der Waals surface area contributed by atoms with Gasteiger partial charge in [0.15, 0.2) is 0 Å². The van der Waals surface area contributed by atoms with Gasteiger partial charge in [-0.15, -0.1) is 0 Å². The van der Waals surface area contributed by atoms with Crippen LogP contribution in [0.1, 0.15) is 6.92 Å². The SMILES string of the molecule is CC(C(=O)O)N(C)C(=O)NCC(=O)N(C)C. The summed E-state index contributed by atoms with van der Waals surface area (Å²) in [6, 6.07) is -1.53. The lowest BCUT2D eigenvalue weighted by molar-refractivity contribution is -0.141. The normalized spacial score (nSPS) is 11.5. The lowest BCUT2D eigenvalue weighted by atomic mass is 10.3. The van der Waals surface area contributed by atoms with Crippen LogP contribution in [-0.4, -0.2) is 66.5 Å². The van der Waals surface area contributed by atoms with Crippen molar-refractivity contribution in [3.05, 3.63) is 0 Å². The Morgan fingerprint density at radius 1 is 1.25 bits per heavy atom. The number of aliphatic carboxylic acids is 1. The molecule has 16 heavy (non-hydrogen) atoms. The van der Waals surface area contributed by atoms with Gasteiger partial charge in [0.1, 0.15) is 6.04 Å². The van der Waals surface area contributed by atoms with Gasteiger partial charge in [-0.1, -0.05) is 0 Å². The number of carbonyl (C=O) groups is 3. The fourth-order valence-corrected chi connectivity index (χ4v) is 0.776. The van der Waals surface area contributed by atoms with Gasteiger partial charge in [0.05, 0.1) is 6.54 Å². The summed E-state index contributed by atoms with van der Waals surface area (Å²) < 4.78 is 0. The van der Waals surface area contributed by atoms with Crippen LogP contribution in [0.25, 0.3) is 0 Å². The second kappa shape index (κ2) is 5.94. The number of likely N-dealkylation sites (N-methyl/N-ethyl adjacent to an activating group) is 2. The third kappa shape index (κ3) is 4.16. The fourth-order valence-electron chi connectivity index (χ4n) is 0.776. The van der Waals surface area contributed by atoms with Crippen LogP contribution in [0.15, 0.2) is 0 Å². The van der Waals surface area contributed by atoms with Gasteiger partial charge >= 0.3 is 12.0 Å². The Bertz CT molecular complexity index is 290. The van der Waals surface area contributed by atoms with Gasteiger partial charge in [-0.05, 0) is 6.92 Å². The highest BCUT2D eigenvalue weighted by atomic mass is 16.4. The average Bonchev–Trinajstić information content (AvgIpc) is 2.22. The Morgan fingerprint density at radius 2 is 1.75 bits per heavy atom. The Balaban J connectivity index is 4.17. The van der Waals surface area contributed by atoms with E-state index in [9.17, 15) is 14.4 Å². The summed E-state index contributed by atoms with van der Waals surface area (Å²) in [5.74, 6) is -1.36. The van der Waals surface area contributed by atoms with Crippen molar-refractivity contribution in [1.82, 2.24) is 15.1 Å². The number of rotatable bonds is 4. The molecule has 0 radical (unpaired) electrons. The molecule has 0 saturated heterocycles. The highest BCUT2D eigenvalue weighted by Gasteiger charge is 2.21. The topological polar surface area (TPSA) is 90.0 Å². The third-order valence-corrected chi connectivity index (χ3v) is 2.15. The molecule has 0 aliphatic rings. The number of carbonyl (C=O) groups excluding carboxylic acids is 2. The van der Waals surface area contributed by atoms with E-state index in [4.69, 9.17) is 5.11 Å². The lowest BCUT2D eigenvalue weighted by Crippen LogP contribution is -2.48. The van der Waals surface area contributed by atoms with Crippen molar-refractivity contribution in [2.75, 3.05) is 27.7 Å². The van der Waals surface area contributed by atoms with E-state index in [1.54, 1.807) is 14.1 Å². The van der Waals surface area contributed by atoms with Crippen molar-refractivity contribution in [3.63, 3.8) is 0 Å². The molecule has 3 amide bonds. The summed E-state index contributed by atoms with van der Waals surface area (Å²) in [6.07, 6.45) is 0. The second-order valence-corrected chi connectivity index (χ2v) is 3.57. The molecule has 0 aromatic rings. The standard InChI is InChI=1S/C9H17N3O4/c1-6(8(14)15)12(4)9(16)10-5-7(13)11(2)3/h6H,5H2,1-4H3,(H,10,16)(H,14,15). The number of amides is 3. The minimum absolute atomic E-state index is 0.150. The number of urea groups is 1. The first-order chi connectivity index (χ1) is 7.27. The number of nitrogens with zero attached hydrogens (tertiary/aromatic N) is 2. The van der Waals surface area contributed by atoms with Crippen molar-refractivity contribution in [2.45, 2.75) is 13.0 Å². The van der Waals surface area contributed by atoms with Crippen molar-refractivity contribution in [1.29, 1.82) is 0 Å². The molecule has 1 atom stereocenters. The first kappa shape index (κ1) is 14.2. The molecule has 0 heterocycles. The zero-order valence-electron chi connectivity index (χ0n) is 9.85. The minimum atomic E-state index is -1.10. The summed E-state index contributed by atoms with van der Waals surface area (Å²) in [5.41, 5.74) is 0. The van der Waals surface area contributed by atoms with Gasteiger partial charge in [-0.25, -0.2) is 9.59 Å². The molecule has 0 saturated carbocycles. The van der Waals surface area contributed by atoms with Gasteiger partial charge in [0, 0.05) is 21.1 Å². The summed E-state index contributed by atoms with van der Waals surface area (Å²) in [7, 11) is 4.49. The molecule has 0 spiro atoms. The predicted molar refractivity (Wildman–Crippen MR) is 57.0 cm³/mol. The molecule has 0 aromatic carbocycles. The smallest absolute Gasteiger partial charge is 0.326 e. The molecule has 0 aliphatic carbocycles. The second-order valence-electron chi connectivity index (χ2n) is 3.57. The monoisotopic (exact) mass is 231 g/mol. The van der Waals surface area contributed by atoms with Crippen LogP contribution in [0.4, 0.5) is 4.79 Å².